The maximum absolute atomic E-state index is 5.88. The van der Waals surface area contributed by atoms with E-state index in [4.69, 9.17) is 5.73 Å². The zero-order valence-electron chi connectivity index (χ0n) is 8.77. The molecule has 1 aliphatic carbocycles. The van der Waals surface area contributed by atoms with Crippen molar-refractivity contribution in [1.29, 1.82) is 0 Å². The van der Waals surface area contributed by atoms with Gasteiger partial charge in [-0.05, 0) is 31.7 Å². The number of nitrogen functional groups attached to an aromatic ring is 1. The zero-order valence-corrected chi connectivity index (χ0v) is 8.77. The first kappa shape index (κ1) is 9.31. The molecular weight excluding hydrogens is 174 g/mol. The van der Waals surface area contributed by atoms with Gasteiger partial charge in [0.2, 0.25) is 0 Å². The third-order valence-corrected chi connectivity index (χ3v) is 2.97. The molecule has 2 N–H and O–H groups in total. The molecule has 2 rings (SSSR count). The molecular formula is C11H17N3. The predicted octanol–water partition coefficient (Wildman–Crippen LogP) is 2.17. The Morgan fingerprint density at radius 1 is 1.64 bits per heavy atom. The SMILES string of the molecule is C[C@@H]1C=CC[C@](C)(n2nccc2N)C1. The molecule has 0 saturated heterocycles. The van der Waals surface area contributed by atoms with E-state index in [2.05, 4.69) is 31.1 Å². The average Bonchev–Trinajstić information content (AvgIpc) is 2.51. The quantitative estimate of drug-likeness (QED) is 0.691. The van der Waals surface area contributed by atoms with Crippen LogP contribution >= 0.6 is 0 Å². The summed E-state index contributed by atoms with van der Waals surface area (Å²) < 4.78 is 1.95. The van der Waals surface area contributed by atoms with Crippen molar-refractivity contribution in [2.75, 3.05) is 5.73 Å². The molecule has 0 saturated carbocycles. The molecule has 0 fully saturated rings. The topological polar surface area (TPSA) is 43.8 Å². The third-order valence-electron chi connectivity index (χ3n) is 2.97. The van der Waals surface area contributed by atoms with Crippen molar-refractivity contribution in [3.8, 4) is 0 Å². The molecule has 0 radical (unpaired) electrons. The van der Waals surface area contributed by atoms with Crippen LogP contribution in [0.2, 0.25) is 0 Å². The van der Waals surface area contributed by atoms with Gasteiger partial charge in [-0.3, -0.25) is 0 Å². The highest BCUT2D eigenvalue weighted by Gasteiger charge is 2.31. The Hall–Kier alpha value is -1.25. The van der Waals surface area contributed by atoms with Crippen molar-refractivity contribution in [3.05, 3.63) is 24.4 Å². The van der Waals surface area contributed by atoms with Gasteiger partial charge in [0.25, 0.3) is 0 Å². The van der Waals surface area contributed by atoms with E-state index in [-0.39, 0.29) is 5.54 Å². The van der Waals surface area contributed by atoms with Gasteiger partial charge >= 0.3 is 0 Å². The second-order valence-corrected chi connectivity index (χ2v) is 4.48. The maximum atomic E-state index is 5.88. The van der Waals surface area contributed by atoms with Crippen molar-refractivity contribution in [3.63, 3.8) is 0 Å². The van der Waals surface area contributed by atoms with E-state index in [0.717, 1.165) is 18.7 Å². The predicted molar refractivity (Wildman–Crippen MR) is 57.8 cm³/mol. The second kappa shape index (κ2) is 3.15. The molecule has 0 aromatic carbocycles. The maximum Gasteiger partial charge on any atom is 0.122 e. The lowest BCUT2D eigenvalue weighted by Crippen LogP contribution is -2.35. The Morgan fingerprint density at radius 2 is 2.43 bits per heavy atom. The lowest BCUT2D eigenvalue weighted by Gasteiger charge is -2.34. The molecule has 3 nitrogen and oxygen atoms in total. The smallest absolute Gasteiger partial charge is 0.122 e. The Morgan fingerprint density at radius 3 is 3.00 bits per heavy atom. The largest absolute Gasteiger partial charge is 0.384 e. The molecule has 76 valence electrons. The molecule has 1 aliphatic rings. The summed E-state index contributed by atoms with van der Waals surface area (Å²) in [6.45, 7) is 4.45. The molecule has 14 heavy (non-hydrogen) atoms. The van der Waals surface area contributed by atoms with E-state index >= 15 is 0 Å². The summed E-state index contributed by atoms with van der Waals surface area (Å²) in [6.07, 6.45) is 8.39. The van der Waals surface area contributed by atoms with E-state index in [1.807, 2.05) is 10.7 Å². The molecule has 3 heteroatoms. The molecule has 1 aromatic heterocycles. The number of anilines is 1. The van der Waals surface area contributed by atoms with E-state index < -0.39 is 0 Å². The molecule has 1 heterocycles. The summed E-state index contributed by atoms with van der Waals surface area (Å²) >= 11 is 0. The molecule has 0 spiro atoms. The number of hydrogen-bond donors (Lipinski definition) is 1. The Balaban J connectivity index is 2.33. The van der Waals surface area contributed by atoms with E-state index in [1.165, 1.54) is 0 Å². The average molecular weight is 191 g/mol. The molecule has 0 aliphatic heterocycles. The lowest BCUT2D eigenvalue weighted by molar-refractivity contribution is 0.236. The number of rotatable bonds is 1. The van der Waals surface area contributed by atoms with E-state index in [0.29, 0.717) is 5.92 Å². The number of aromatic nitrogens is 2. The summed E-state index contributed by atoms with van der Waals surface area (Å²) in [5.74, 6) is 1.37. The van der Waals surface area contributed by atoms with Crippen LogP contribution in [0.25, 0.3) is 0 Å². The Labute approximate surface area is 84.6 Å². The van der Waals surface area contributed by atoms with Crippen LogP contribution in [0.1, 0.15) is 26.7 Å². The highest BCUT2D eigenvalue weighted by molar-refractivity contribution is 5.28. The van der Waals surface area contributed by atoms with Gasteiger partial charge in [-0.25, -0.2) is 4.68 Å². The monoisotopic (exact) mass is 191 g/mol. The number of nitrogens with two attached hydrogens (primary N) is 1. The van der Waals surface area contributed by atoms with Crippen molar-refractivity contribution in [2.24, 2.45) is 5.92 Å². The number of hydrogen-bond acceptors (Lipinski definition) is 2. The summed E-state index contributed by atoms with van der Waals surface area (Å²) in [4.78, 5) is 0. The fourth-order valence-corrected chi connectivity index (χ4v) is 2.34. The molecule has 0 amide bonds. The van der Waals surface area contributed by atoms with Gasteiger partial charge in [0.15, 0.2) is 0 Å². The normalized spacial score (nSPS) is 32.0. The van der Waals surface area contributed by atoms with Crippen LogP contribution in [0.15, 0.2) is 24.4 Å². The van der Waals surface area contributed by atoms with Gasteiger partial charge in [0.05, 0.1) is 11.7 Å². The van der Waals surface area contributed by atoms with Crippen molar-refractivity contribution in [1.82, 2.24) is 9.78 Å². The number of nitrogens with zero attached hydrogens (tertiary/aromatic N) is 2. The fourth-order valence-electron chi connectivity index (χ4n) is 2.34. The number of allylic oxidation sites excluding steroid dienone is 2. The van der Waals surface area contributed by atoms with Crippen LogP contribution in [-0.2, 0) is 5.54 Å². The minimum atomic E-state index is 0.0573. The molecule has 2 atom stereocenters. The minimum Gasteiger partial charge on any atom is -0.384 e. The molecule has 0 unspecified atom stereocenters. The molecule has 1 aromatic rings. The second-order valence-electron chi connectivity index (χ2n) is 4.48. The fraction of sp³-hybridized carbons (Fsp3) is 0.545. The summed E-state index contributed by atoms with van der Waals surface area (Å²) in [7, 11) is 0. The van der Waals surface area contributed by atoms with E-state index in [1.54, 1.807) is 6.20 Å². The highest BCUT2D eigenvalue weighted by Crippen LogP contribution is 2.34. The standard InChI is InChI=1S/C11H17N3/c1-9-4-3-6-11(2,8-9)14-10(12)5-7-13-14/h3-5,7,9H,6,8,12H2,1-2H3/t9-,11+/m1/s1. The highest BCUT2D eigenvalue weighted by atomic mass is 15.3. The van der Waals surface area contributed by atoms with Crippen molar-refractivity contribution < 1.29 is 0 Å². The van der Waals surface area contributed by atoms with Gasteiger partial charge in [0.1, 0.15) is 5.82 Å². The van der Waals surface area contributed by atoms with Gasteiger partial charge in [0, 0.05) is 0 Å². The van der Waals surface area contributed by atoms with Crippen molar-refractivity contribution in [2.45, 2.75) is 32.2 Å². The first-order valence-corrected chi connectivity index (χ1v) is 5.08. The van der Waals surface area contributed by atoms with Crippen LogP contribution in [0.5, 0.6) is 0 Å². The summed E-state index contributed by atoms with van der Waals surface area (Å²) in [5.41, 5.74) is 5.94. The van der Waals surface area contributed by atoms with Crippen LogP contribution in [-0.4, -0.2) is 9.78 Å². The summed E-state index contributed by atoms with van der Waals surface area (Å²) in [5, 5.41) is 4.30. The zero-order chi connectivity index (χ0) is 10.2. The first-order chi connectivity index (χ1) is 6.62. The van der Waals surface area contributed by atoms with Gasteiger partial charge in [-0.1, -0.05) is 19.1 Å². The Kier molecular flexibility index (Phi) is 2.10. The minimum absolute atomic E-state index is 0.0573. The van der Waals surface area contributed by atoms with E-state index in [9.17, 15) is 0 Å². The first-order valence-electron chi connectivity index (χ1n) is 5.08. The van der Waals surface area contributed by atoms with Crippen LogP contribution in [0.4, 0.5) is 5.82 Å². The van der Waals surface area contributed by atoms with Gasteiger partial charge < -0.3 is 5.73 Å². The lowest BCUT2D eigenvalue weighted by atomic mass is 9.82. The third kappa shape index (κ3) is 1.43. The summed E-state index contributed by atoms with van der Waals surface area (Å²) in [6, 6.07) is 1.86. The van der Waals surface area contributed by atoms with Crippen LogP contribution in [0, 0.1) is 5.92 Å². The molecule has 0 bridgehead atoms. The Bertz CT molecular complexity index is 353. The van der Waals surface area contributed by atoms with Crippen LogP contribution < -0.4 is 5.73 Å². The van der Waals surface area contributed by atoms with Gasteiger partial charge in [-0.15, -0.1) is 0 Å². The van der Waals surface area contributed by atoms with Crippen LogP contribution in [0.3, 0.4) is 0 Å². The van der Waals surface area contributed by atoms with Gasteiger partial charge in [-0.2, -0.15) is 5.10 Å². The van der Waals surface area contributed by atoms with Crippen molar-refractivity contribution >= 4 is 5.82 Å².